The van der Waals surface area contributed by atoms with Crippen LogP contribution in [0, 0.1) is 0 Å². The van der Waals surface area contributed by atoms with E-state index in [9.17, 15) is 23.8 Å². The molecule has 0 saturated carbocycles. The van der Waals surface area contributed by atoms with Crippen molar-refractivity contribution in [2.24, 2.45) is 5.73 Å². The van der Waals surface area contributed by atoms with Crippen molar-refractivity contribution < 1.29 is 47.5 Å². The standard InChI is InChI=1S/C46H82NO10P/c1-3-5-7-9-11-13-15-17-19-21-23-25-27-29-31-33-35-37-44(48)54-39-42(40-55-58(52,53)56-41-43(47)46(50)51)57-45(49)38-36-34-32-30-28-26-24-22-20-18-16-14-12-10-8-6-4-2/h11,13,17-20,23,25,42-43H,3-10,12,14-16,21-22,24,26-41,47H2,1-2H3,(H,50,51)(H,52,53)/b13-11-,19-17-,20-18-,25-23-/t42-,43+/m1/s1. The summed E-state index contributed by atoms with van der Waals surface area (Å²) >= 11 is 0. The number of carbonyl (C=O) groups is 3. The molecule has 4 N–H and O–H groups in total. The highest BCUT2D eigenvalue weighted by atomic mass is 31.2. The largest absolute Gasteiger partial charge is 0.480 e. The lowest BCUT2D eigenvalue weighted by atomic mass is 10.1. The van der Waals surface area contributed by atoms with E-state index in [-0.39, 0.29) is 19.4 Å². The van der Waals surface area contributed by atoms with Crippen molar-refractivity contribution in [3.8, 4) is 0 Å². The maximum atomic E-state index is 12.6. The van der Waals surface area contributed by atoms with E-state index < -0.39 is 51.1 Å². The molecule has 0 aromatic heterocycles. The van der Waals surface area contributed by atoms with Gasteiger partial charge in [-0.3, -0.25) is 23.4 Å². The third kappa shape index (κ3) is 40.2. The molecule has 0 aromatic rings. The summed E-state index contributed by atoms with van der Waals surface area (Å²) in [5.41, 5.74) is 5.34. The van der Waals surface area contributed by atoms with Gasteiger partial charge in [-0.2, -0.15) is 0 Å². The van der Waals surface area contributed by atoms with E-state index in [1.807, 2.05) is 0 Å². The van der Waals surface area contributed by atoms with Crippen molar-refractivity contribution in [1.29, 1.82) is 0 Å². The Hall–Kier alpha value is -2.56. The Morgan fingerprint density at radius 3 is 1.41 bits per heavy atom. The van der Waals surface area contributed by atoms with Gasteiger partial charge in [0, 0.05) is 12.8 Å². The molecule has 0 aliphatic heterocycles. The van der Waals surface area contributed by atoms with Crippen molar-refractivity contribution in [2.45, 2.75) is 206 Å². The smallest absolute Gasteiger partial charge is 0.472 e. The molecule has 11 nitrogen and oxygen atoms in total. The van der Waals surface area contributed by atoms with Crippen LogP contribution in [0.25, 0.3) is 0 Å². The number of phosphoric acid groups is 1. The van der Waals surface area contributed by atoms with Crippen LogP contribution in [0.1, 0.15) is 194 Å². The number of rotatable bonds is 42. The summed E-state index contributed by atoms with van der Waals surface area (Å²) in [6.07, 6.45) is 45.9. The van der Waals surface area contributed by atoms with Crippen LogP contribution in [0.2, 0.25) is 0 Å². The van der Waals surface area contributed by atoms with Gasteiger partial charge in [0.25, 0.3) is 0 Å². The first-order chi connectivity index (χ1) is 28.1. The van der Waals surface area contributed by atoms with Crippen LogP contribution in [0.3, 0.4) is 0 Å². The average Bonchev–Trinajstić information content (AvgIpc) is 3.20. The molecule has 0 saturated heterocycles. The van der Waals surface area contributed by atoms with E-state index >= 15 is 0 Å². The highest BCUT2D eigenvalue weighted by Gasteiger charge is 2.28. The van der Waals surface area contributed by atoms with Gasteiger partial charge >= 0.3 is 25.7 Å². The molecule has 0 heterocycles. The van der Waals surface area contributed by atoms with Gasteiger partial charge in [-0.15, -0.1) is 0 Å². The summed E-state index contributed by atoms with van der Waals surface area (Å²) in [6, 6.07) is -1.53. The van der Waals surface area contributed by atoms with Crippen LogP contribution >= 0.6 is 7.82 Å². The number of carbonyl (C=O) groups excluding carboxylic acids is 2. The molecule has 58 heavy (non-hydrogen) atoms. The number of allylic oxidation sites excluding steroid dienone is 8. The normalized spacial score (nSPS) is 14.1. The van der Waals surface area contributed by atoms with Crippen LogP contribution in [-0.2, 0) is 37.5 Å². The fraction of sp³-hybridized carbons (Fsp3) is 0.761. The van der Waals surface area contributed by atoms with Crippen molar-refractivity contribution in [1.82, 2.24) is 0 Å². The number of esters is 2. The van der Waals surface area contributed by atoms with E-state index in [1.54, 1.807) is 0 Å². The lowest BCUT2D eigenvalue weighted by Gasteiger charge is -2.20. The first-order valence-electron chi connectivity index (χ1n) is 22.7. The number of phosphoric ester groups is 1. The monoisotopic (exact) mass is 840 g/mol. The molecule has 0 radical (unpaired) electrons. The van der Waals surface area contributed by atoms with Gasteiger partial charge in [0.15, 0.2) is 6.10 Å². The van der Waals surface area contributed by atoms with Gasteiger partial charge in [0.1, 0.15) is 12.6 Å². The summed E-state index contributed by atoms with van der Waals surface area (Å²) < 4.78 is 32.7. The van der Waals surface area contributed by atoms with Gasteiger partial charge in [-0.25, -0.2) is 4.57 Å². The van der Waals surface area contributed by atoms with Crippen LogP contribution in [0.4, 0.5) is 0 Å². The molecule has 0 rings (SSSR count). The Bertz CT molecular complexity index is 1170. The minimum atomic E-state index is -4.72. The number of carboxylic acids is 1. The zero-order valence-electron chi connectivity index (χ0n) is 36.4. The quantitative estimate of drug-likeness (QED) is 0.0231. The van der Waals surface area contributed by atoms with Gasteiger partial charge < -0.3 is 25.2 Å². The van der Waals surface area contributed by atoms with Gasteiger partial charge in [-0.05, 0) is 77.0 Å². The molecule has 0 aliphatic carbocycles. The Morgan fingerprint density at radius 2 is 0.914 bits per heavy atom. The molecule has 0 amide bonds. The Morgan fingerprint density at radius 1 is 0.534 bits per heavy atom. The molecular formula is C46H82NO10P. The number of aliphatic carboxylic acids is 1. The van der Waals surface area contributed by atoms with Gasteiger partial charge in [0.2, 0.25) is 0 Å². The number of unbranched alkanes of at least 4 members (excludes halogenated alkanes) is 20. The molecule has 12 heteroatoms. The highest BCUT2D eigenvalue weighted by Crippen LogP contribution is 2.43. The van der Waals surface area contributed by atoms with Gasteiger partial charge in [0.05, 0.1) is 13.2 Å². The second-order valence-electron chi connectivity index (χ2n) is 15.2. The number of carboxylic acid groups (broad SMARTS) is 1. The van der Waals surface area contributed by atoms with E-state index in [2.05, 4.69) is 67.0 Å². The fourth-order valence-corrected chi connectivity index (χ4v) is 6.73. The molecular weight excluding hydrogens is 757 g/mol. The maximum Gasteiger partial charge on any atom is 0.472 e. The van der Waals surface area contributed by atoms with Gasteiger partial charge in [-0.1, -0.05) is 152 Å². The summed E-state index contributed by atoms with van der Waals surface area (Å²) in [5, 5.41) is 8.89. The molecule has 0 spiro atoms. The molecule has 336 valence electrons. The zero-order valence-corrected chi connectivity index (χ0v) is 37.3. The second kappa shape index (κ2) is 41.2. The summed E-state index contributed by atoms with van der Waals surface area (Å²) in [6.45, 7) is 2.75. The van der Waals surface area contributed by atoms with E-state index in [1.165, 1.54) is 77.0 Å². The second-order valence-corrected chi connectivity index (χ2v) is 16.6. The fourth-order valence-electron chi connectivity index (χ4n) is 5.95. The third-order valence-electron chi connectivity index (χ3n) is 9.55. The maximum absolute atomic E-state index is 12.6. The minimum absolute atomic E-state index is 0.150. The number of nitrogens with two attached hydrogens (primary N) is 1. The van der Waals surface area contributed by atoms with Crippen molar-refractivity contribution in [3.05, 3.63) is 48.6 Å². The molecule has 0 aliphatic rings. The van der Waals surface area contributed by atoms with Crippen LogP contribution in [0.15, 0.2) is 48.6 Å². The van der Waals surface area contributed by atoms with E-state index in [0.717, 1.165) is 77.0 Å². The average molecular weight is 840 g/mol. The Kier molecular flexibility index (Phi) is 39.4. The third-order valence-corrected chi connectivity index (χ3v) is 10.5. The topological polar surface area (TPSA) is 172 Å². The van der Waals surface area contributed by atoms with Crippen molar-refractivity contribution >= 4 is 25.7 Å². The predicted octanol–water partition coefficient (Wildman–Crippen LogP) is 12.2. The lowest BCUT2D eigenvalue weighted by Crippen LogP contribution is -2.34. The molecule has 0 fully saturated rings. The predicted molar refractivity (Wildman–Crippen MR) is 235 cm³/mol. The van der Waals surface area contributed by atoms with Crippen LogP contribution in [0.5, 0.6) is 0 Å². The minimum Gasteiger partial charge on any atom is -0.480 e. The summed E-state index contributed by atoms with van der Waals surface area (Å²) in [5.74, 6) is -2.41. The Balaban J connectivity index is 4.39. The first-order valence-corrected chi connectivity index (χ1v) is 24.2. The number of hydrogen-bond acceptors (Lipinski definition) is 9. The van der Waals surface area contributed by atoms with Crippen molar-refractivity contribution in [2.75, 3.05) is 19.8 Å². The molecule has 0 bridgehead atoms. The molecule has 3 atom stereocenters. The summed E-state index contributed by atoms with van der Waals surface area (Å²) in [4.78, 5) is 46.0. The highest BCUT2D eigenvalue weighted by molar-refractivity contribution is 7.47. The Labute approximate surface area is 352 Å². The summed E-state index contributed by atoms with van der Waals surface area (Å²) in [7, 11) is -4.72. The number of hydrogen-bond donors (Lipinski definition) is 3. The number of ether oxygens (including phenoxy) is 2. The van der Waals surface area contributed by atoms with Crippen molar-refractivity contribution in [3.63, 3.8) is 0 Å². The first kappa shape index (κ1) is 55.4. The van der Waals surface area contributed by atoms with Crippen LogP contribution in [-0.4, -0.2) is 59.9 Å². The SMILES string of the molecule is CCCCC/C=C\C/C=C\C/C=C\CCCCCCC(=O)OC[C@H](COP(=O)(O)OC[C@H](N)C(=O)O)OC(=O)CCCCCCCCC/C=C\CCCCCCCC. The van der Waals surface area contributed by atoms with E-state index in [0.29, 0.717) is 12.8 Å². The molecule has 1 unspecified atom stereocenters. The lowest BCUT2D eigenvalue weighted by molar-refractivity contribution is -0.161. The van der Waals surface area contributed by atoms with E-state index in [4.69, 9.17) is 24.8 Å². The zero-order chi connectivity index (χ0) is 42.8. The van der Waals surface area contributed by atoms with Crippen LogP contribution < -0.4 is 5.73 Å². The molecule has 0 aromatic carbocycles.